The summed E-state index contributed by atoms with van der Waals surface area (Å²) in [5.74, 6) is -4.02. The number of hydrogen-bond donors (Lipinski definition) is 1. The van der Waals surface area contributed by atoms with Gasteiger partial charge in [-0.05, 0) is 28.8 Å². The van der Waals surface area contributed by atoms with Crippen LogP contribution in [0.1, 0.15) is 16.7 Å². The molecule has 32 heavy (non-hydrogen) atoms. The van der Waals surface area contributed by atoms with Crippen LogP contribution in [0, 0.1) is 0 Å². The molecule has 1 aliphatic heterocycles. The Balaban J connectivity index is 1.88. The number of hydrogen-bond acceptors (Lipinski definition) is 5. The maximum atomic E-state index is 13.1. The van der Waals surface area contributed by atoms with E-state index in [4.69, 9.17) is 10.5 Å². The minimum atomic E-state index is -4.24. The molecular weight excluding hydrogens is 440 g/mol. The highest BCUT2D eigenvalue weighted by atomic mass is 19.3. The first kappa shape index (κ1) is 23.7. The first-order valence-corrected chi connectivity index (χ1v) is 9.48. The summed E-state index contributed by atoms with van der Waals surface area (Å²) in [4.78, 5) is 6.29. The third kappa shape index (κ3) is 5.09. The largest absolute Gasteiger partial charge is 0.435 e. The first-order chi connectivity index (χ1) is 15.0. The van der Waals surface area contributed by atoms with Gasteiger partial charge in [-0.1, -0.05) is 36.4 Å². The van der Waals surface area contributed by atoms with E-state index >= 15 is 0 Å². The SMILES string of the molecule is CN1CC(c2ccc(OC(F)F)cc2)(c2cccc(COCC(F)(F)C(F)F)c2)N=C1N. The molecule has 0 fully saturated rings. The second-order valence-electron chi connectivity index (χ2n) is 7.34. The molecule has 11 heteroatoms. The van der Waals surface area contributed by atoms with Gasteiger partial charge >= 0.3 is 19.0 Å². The molecule has 1 aliphatic rings. The van der Waals surface area contributed by atoms with E-state index in [9.17, 15) is 26.3 Å². The third-order valence-corrected chi connectivity index (χ3v) is 5.01. The number of nitrogens with zero attached hydrogens (tertiary/aromatic N) is 2. The molecule has 0 saturated heterocycles. The maximum Gasteiger partial charge on any atom is 0.387 e. The predicted octanol–water partition coefficient (Wildman–Crippen LogP) is 4.21. The lowest BCUT2D eigenvalue weighted by Crippen LogP contribution is -2.35. The van der Waals surface area contributed by atoms with Crippen molar-refractivity contribution in [2.75, 3.05) is 20.2 Å². The molecule has 0 radical (unpaired) electrons. The van der Waals surface area contributed by atoms with E-state index in [0.717, 1.165) is 0 Å². The molecule has 3 rings (SSSR count). The van der Waals surface area contributed by atoms with Crippen molar-refractivity contribution >= 4 is 5.96 Å². The molecule has 1 atom stereocenters. The molecule has 0 amide bonds. The highest BCUT2D eigenvalue weighted by molar-refractivity contribution is 5.81. The Bertz CT molecular complexity index is 955. The Morgan fingerprint density at radius 1 is 1.09 bits per heavy atom. The summed E-state index contributed by atoms with van der Waals surface area (Å²) in [5.41, 5.74) is 6.72. The fraction of sp³-hybridized carbons (Fsp3) is 0.381. The van der Waals surface area contributed by atoms with E-state index in [1.807, 2.05) is 0 Å². The highest BCUT2D eigenvalue weighted by Gasteiger charge is 2.42. The van der Waals surface area contributed by atoms with Crippen molar-refractivity contribution in [1.82, 2.24) is 4.90 Å². The number of rotatable bonds is 9. The molecule has 2 aromatic rings. The summed E-state index contributed by atoms with van der Waals surface area (Å²) < 4.78 is 84.9. The van der Waals surface area contributed by atoms with Crippen molar-refractivity contribution in [2.24, 2.45) is 10.7 Å². The molecular formula is C21H21F6N3O2. The van der Waals surface area contributed by atoms with Gasteiger partial charge in [0.15, 0.2) is 5.96 Å². The zero-order chi connectivity index (χ0) is 23.5. The van der Waals surface area contributed by atoms with Crippen LogP contribution in [0.5, 0.6) is 5.75 Å². The number of ether oxygens (including phenoxy) is 2. The molecule has 5 nitrogen and oxygen atoms in total. The quantitative estimate of drug-likeness (QED) is 0.569. The average Bonchev–Trinajstić information content (AvgIpc) is 3.03. The van der Waals surface area contributed by atoms with Gasteiger partial charge in [0.1, 0.15) is 17.9 Å². The van der Waals surface area contributed by atoms with Crippen LogP contribution >= 0.6 is 0 Å². The van der Waals surface area contributed by atoms with Gasteiger partial charge in [0.05, 0.1) is 13.2 Å². The zero-order valence-corrected chi connectivity index (χ0v) is 17.0. The Morgan fingerprint density at radius 2 is 1.78 bits per heavy atom. The van der Waals surface area contributed by atoms with Crippen molar-refractivity contribution < 1.29 is 35.8 Å². The number of likely N-dealkylation sites (N-methyl/N-ethyl adjacent to an activating group) is 1. The van der Waals surface area contributed by atoms with Crippen LogP contribution in [-0.2, 0) is 16.9 Å². The second-order valence-corrected chi connectivity index (χ2v) is 7.34. The molecule has 2 aromatic carbocycles. The fourth-order valence-electron chi connectivity index (χ4n) is 3.42. The number of nitrogens with two attached hydrogens (primary N) is 1. The molecule has 0 spiro atoms. The number of benzene rings is 2. The van der Waals surface area contributed by atoms with Crippen LogP contribution in [0.25, 0.3) is 0 Å². The Morgan fingerprint density at radius 3 is 2.34 bits per heavy atom. The number of aliphatic imine (C=N–C) groups is 1. The lowest BCUT2D eigenvalue weighted by molar-refractivity contribution is -0.168. The molecule has 1 unspecified atom stereocenters. The first-order valence-electron chi connectivity index (χ1n) is 9.48. The van der Waals surface area contributed by atoms with Crippen LogP contribution in [0.2, 0.25) is 0 Å². The molecule has 0 aliphatic carbocycles. The predicted molar refractivity (Wildman–Crippen MR) is 105 cm³/mol. The second kappa shape index (κ2) is 9.27. The summed E-state index contributed by atoms with van der Waals surface area (Å²) in [6.45, 7) is -4.38. The molecule has 2 N–H and O–H groups in total. The number of halogens is 6. The monoisotopic (exact) mass is 461 g/mol. The van der Waals surface area contributed by atoms with E-state index in [2.05, 4.69) is 9.73 Å². The van der Waals surface area contributed by atoms with Crippen LogP contribution < -0.4 is 10.5 Å². The third-order valence-electron chi connectivity index (χ3n) is 5.01. The molecule has 0 aromatic heterocycles. The van der Waals surface area contributed by atoms with Gasteiger partial charge in [0, 0.05) is 7.05 Å². The van der Waals surface area contributed by atoms with Crippen LogP contribution in [-0.4, -0.2) is 50.0 Å². The molecule has 0 bridgehead atoms. The minimum Gasteiger partial charge on any atom is -0.435 e. The minimum absolute atomic E-state index is 0.0238. The summed E-state index contributed by atoms with van der Waals surface area (Å²) in [6.07, 6.45) is -3.82. The van der Waals surface area contributed by atoms with Gasteiger partial charge in [-0.3, -0.25) is 0 Å². The maximum absolute atomic E-state index is 13.1. The van der Waals surface area contributed by atoms with Crippen molar-refractivity contribution in [3.05, 3.63) is 65.2 Å². The highest BCUT2D eigenvalue weighted by Crippen LogP contribution is 2.39. The summed E-state index contributed by atoms with van der Waals surface area (Å²) in [6, 6.07) is 12.6. The van der Waals surface area contributed by atoms with E-state index in [0.29, 0.717) is 23.2 Å². The summed E-state index contributed by atoms with van der Waals surface area (Å²) in [5, 5.41) is 0. The number of alkyl halides is 6. The fourth-order valence-corrected chi connectivity index (χ4v) is 3.42. The van der Waals surface area contributed by atoms with Gasteiger partial charge in [-0.25, -0.2) is 13.8 Å². The normalized spacial score (nSPS) is 19.0. The van der Waals surface area contributed by atoms with Gasteiger partial charge in [-0.2, -0.15) is 17.6 Å². The van der Waals surface area contributed by atoms with Crippen molar-refractivity contribution in [2.45, 2.75) is 31.1 Å². The Kier molecular flexibility index (Phi) is 6.87. The molecule has 0 saturated carbocycles. The zero-order valence-electron chi connectivity index (χ0n) is 17.0. The topological polar surface area (TPSA) is 60.1 Å². The Labute approximate surface area is 180 Å². The van der Waals surface area contributed by atoms with Crippen molar-refractivity contribution in [3.63, 3.8) is 0 Å². The lowest BCUT2D eigenvalue weighted by atomic mass is 9.83. The van der Waals surface area contributed by atoms with Crippen LogP contribution in [0.4, 0.5) is 26.3 Å². The van der Waals surface area contributed by atoms with Crippen molar-refractivity contribution in [3.8, 4) is 5.75 Å². The molecule has 174 valence electrons. The lowest BCUT2D eigenvalue weighted by Gasteiger charge is -2.28. The van der Waals surface area contributed by atoms with Gasteiger partial charge in [0.25, 0.3) is 0 Å². The van der Waals surface area contributed by atoms with E-state index in [1.54, 1.807) is 48.3 Å². The van der Waals surface area contributed by atoms with E-state index in [1.165, 1.54) is 12.1 Å². The van der Waals surface area contributed by atoms with Crippen LogP contribution in [0.3, 0.4) is 0 Å². The van der Waals surface area contributed by atoms with E-state index in [-0.39, 0.29) is 18.3 Å². The summed E-state index contributed by atoms with van der Waals surface area (Å²) >= 11 is 0. The molecule has 1 heterocycles. The standard InChI is InChI=1S/C21H21F6N3O2/c1-30-11-20(29-19(30)28,14-5-7-16(8-6-14)32-18(24)25)15-4-2-3-13(9-15)10-31-12-21(26,27)17(22)23/h2-9,17-18H,10-12H2,1H3,(H2,28,29). The van der Waals surface area contributed by atoms with E-state index < -0.39 is 31.1 Å². The van der Waals surface area contributed by atoms with Gasteiger partial charge in [-0.15, -0.1) is 0 Å². The van der Waals surface area contributed by atoms with Gasteiger partial charge < -0.3 is 20.1 Å². The van der Waals surface area contributed by atoms with Gasteiger partial charge in [0.2, 0.25) is 0 Å². The Hall–Kier alpha value is -2.95. The van der Waals surface area contributed by atoms with Crippen LogP contribution in [0.15, 0.2) is 53.5 Å². The summed E-state index contributed by atoms with van der Waals surface area (Å²) in [7, 11) is 1.73. The smallest absolute Gasteiger partial charge is 0.387 e. The van der Waals surface area contributed by atoms with Crippen molar-refractivity contribution in [1.29, 1.82) is 0 Å². The number of guanidine groups is 1. The average molecular weight is 461 g/mol.